The molecule has 5 nitrogen and oxygen atoms in total. The molecule has 0 spiro atoms. The van der Waals surface area contributed by atoms with E-state index >= 15 is 0 Å². The number of benzene rings is 2. The Balaban J connectivity index is 0.00000220. The van der Waals surface area contributed by atoms with E-state index < -0.39 is 11.9 Å². The van der Waals surface area contributed by atoms with Crippen LogP contribution >= 0.6 is 21.6 Å². The first-order valence-electron chi connectivity index (χ1n) is 5.57. The Kier molecular flexibility index (Phi) is 6.29. The highest BCUT2D eigenvalue weighted by Crippen LogP contribution is 2.37. The summed E-state index contributed by atoms with van der Waals surface area (Å²) in [5.41, 5.74) is 0.463. The largest absolute Gasteiger partial charge is 0.478 e. The van der Waals surface area contributed by atoms with Crippen molar-refractivity contribution in [1.82, 2.24) is 0 Å². The topological polar surface area (TPSA) is 106 Å². The van der Waals surface area contributed by atoms with Crippen LogP contribution in [-0.2, 0) is 0 Å². The van der Waals surface area contributed by atoms with Gasteiger partial charge in [0, 0.05) is 9.79 Å². The van der Waals surface area contributed by atoms with Crippen LogP contribution in [0.4, 0.5) is 0 Å². The second-order valence-corrected chi connectivity index (χ2v) is 6.11. The quantitative estimate of drug-likeness (QED) is 0.819. The summed E-state index contributed by atoms with van der Waals surface area (Å²) in [5.74, 6) is -1.93. The van der Waals surface area contributed by atoms with E-state index in [-0.39, 0.29) is 16.6 Å². The molecule has 0 saturated carbocycles. The number of hydrogen-bond acceptors (Lipinski definition) is 4. The van der Waals surface area contributed by atoms with E-state index in [9.17, 15) is 9.59 Å². The highest BCUT2D eigenvalue weighted by Gasteiger charge is 2.06. The summed E-state index contributed by atoms with van der Waals surface area (Å²) < 4.78 is 0. The van der Waals surface area contributed by atoms with Crippen LogP contribution in [-0.4, -0.2) is 27.6 Å². The third-order valence-corrected chi connectivity index (χ3v) is 4.78. The van der Waals surface area contributed by atoms with E-state index in [1.54, 1.807) is 24.3 Å². The van der Waals surface area contributed by atoms with Gasteiger partial charge in [0.1, 0.15) is 0 Å². The molecule has 2 rings (SSSR count). The van der Waals surface area contributed by atoms with Crippen LogP contribution < -0.4 is 0 Å². The van der Waals surface area contributed by atoms with Gasteiger partial charge in [-0.05, 0) is 36.4 Å². The van der Waals surface area contributed by atoms with Gasteiger partial charge in [-0.25, -0.2) is 9.59 Å². The van der Waals surface area contributed by atoms with Crippen LogP contribution in [0.3, 0.4) is 0 Å². The van der Waals surface area contributed by atoms with E-state index in [1.807, 2.05) is 12.1 Å². The van der Waals surface area contributed by atoms with Crippen molar-refractivity contribution >= 4 is 33.5 Å². The van der Waals surface area contributed by atoms with Crippen molar-refractivity contribution < 1.29 is 25.3 Å². The number of carbonyl (C=O) groups is 2. The molecule has 110 valence electrons. The van der Waals surface area contributed by atoms with Crippen molar-refractivity contribution in [1.29, 1.82) is 0 Å². The van der Waals surface area contributed by atoms with Crippen molar-refractivity contribution in [2.75, 3.05) is 0 Å². The summed E-state index contributed by atoms with van der Waals surface area (Å²) in [6, 6.07) is 13.2. The Morgan fingerprint density at radius 1 is 0.762 bits per heavy atom. The first kappa shape index (κ1) is 17.1. The van der Waals surface area contributed by atoms with Gasteiger partial charge in [0.25, 0.3) is 0 Å². The van der Waals surface area contributed by atoms with Crippen LogP contribution in [0.15, 0.2) is 58.3 Å². The standard InChI is InChI=1S/C14H10O4S2.H2O/c15-13(16)9-3-1-5-11(7-9)19-20-12-6-2-4-10(8-12)14(17)18;/h1-8H,(H,15,16)(H,17,18);1H2. The zero-order valence-electron chi connectivity index (χ0n) is 10.6. The minimum atomic E-state index is -0.967. The van der Waals surface area contributed by atoms with Crippen molar-refractivity contribution in [2.45, 2.75) is 9.79 Å². The van der Waals surface area contributed by atoms with Gasteiger partial charge in [0.2, 0.25) is 0 Å². The van der Waals surface area contributed by atoms with Gasteiger partial charge in [-0.3, -0.25) is 0 Å². The van der Waals surface area contributed by atoms with Gasteiger partial charge in [-0.15, -0.1) is 0 Å². The lowest BCUT2D eigenvalue weighted by molar-refractivity contribution is 0.0685. The van der Waals surface area contributed by atoms with Crippen molar-refractivity contribution in [2.24, 2.45) is 0 Å². The molecule has 0 bridgehead atoms. The molecule has 0 amide bonds. The fraction of sp³-hybridized carbons (Fsp3) is 0. The van der Waals surface area contributed by atoms with Crippen molar-refractivity contribution in [3.8, 4) is 0 Å². The molecule has 7 heteroatoms. The van der Waals surface area contributed by atoms with Crippen LogP contribution in [0.1, 0.15) is 20.7 Å². The first-order valence-corrected chi connectivity index (χ1v) is 7.72. The minimum Gasteiger partial charge on any atom is -0.478 e. The molecule has 2 aromatic carbocycles. The zero-order valence-corrected chi connectivity index (χ0v) is 12.3. The molecule has 0 atom stereocenters. The normalized spacial score (nSPS) is 9.71. The highest BCUT2D eigenvalue weighted by molar-refractivity contribution is 8.76. The van der Waals surface area contributed by atoms with E-state index in [4.69, 9.17) is 10.2 Å². The van der Waals surface area contributed by atoms with Gasteiger partial charge >= 0.3 is 11.9 Å². The fourth-order valence-electron chi connectivity index (χ4n) is 1.46. The molecule has 0 radical (unpaired) electrons. The van der Waals surface area contributed by atoms with Gasteiger partial charge < -0.3 is 15.7 Å². The number of carboxylic acid groups (broad SMARTS) is 2. The second-order valence-electron chi connectivity index (χ2n) is 3.83. The zero-order chi connectivity index (χ0) is 14.5. The summed E-state index contributed by atoms with van der Waals surface area (Å²) in [4.78, 5) is 23.3. The van der Waals surface area contributed by atoms with Crippen molar-refractivity contribution in [3.63, 3.8) is 0 Å². The van der Waals surface area contributed by atoms with Gasteiger partial charge in [0.15, 0.2) is 0 Å². The first-order chi connectivity index (χ1) is 9.56. The molecule has 0 aliphatic rings. The van der Waals surface area contributed by atoms with Crippen LogP contribution in [0.5, 0.6) is 0 Å². The molecule has 0 heterocycles. The molecule has 2 aromatic rings. The van der Waals surface area contributed by atoms with E-state index in [2.05, 4.69) is 0 Å². The van der Waals surface area contributed by atoms with Crippen LogP contribution in [0.25, 0.3) is 0 Å². The van der Waals surface area contributed by atoms with E-state index in [1.165, 1.54) is 33.7 Å². The molecular weight excluding hydrogens is 312 g/mol. The maximum absolute atomic E-state index is 10.9. The summed E-state index contributed by atoms with van der Waals surface area (Å²) >= 11 is 0. The van der Waals surface area contributed by atoms with Gasteiger partial charge in [-0.2, -0.15) is 0 Å². The third-order valence-electron chi connectivity index (χ3n) is 2.40. The Bertz CT molecular complexity index is 600. The Morgan fingerprint density at radius 2 is 1.14 bits per heavy atom. The van der Waals surface area contributed by atoms with E-state index in [0.29, 0.717) is 0 Å². The maximum Gasteiger partial charge on any atom is 0.335 e. The summed E-state index contributed by atoms with van der Waals surface area (Å²) in [7, 11) is 2.77. The lowest BCUT2D eigenvalue weighted by Crippen LogP contribution is -1.95. The Labute approximate surface area is 128 Å². The second kappa shape index (κ2) is 7.72. The molecule has 0 aliphatic heterocycles. The number of rotatable bonds is 5. The molecule has 0 saturated heterocycles. The Hall–Kier alpha value is -1.96. The predicted octanol–water partition coefficient (Wildman–Crippen LogP) is 3.06. The summed E-state index contributed by atoms with van der Waals surface area (Å²) in [5, 5.41) is 17.8. The van der Waals surface area contributed by atoms with Gasteiger partial charge in [-0.1, -0.05) is 33.7 Å². The lowest BCUT2D eigenvalue weighted by Gasteiger charge is -2.03. The smallest absolute Gasteiger partial charge is 0.335 e. The van der Waals surface area contributed by atoms with E-state index in [0.717, 1.165) is 9.79 Å². The lowest BCUT2D eigenvalue weighted by atomic mass is 10.2. The number of aromatic carboxylic acids is 2. The molecular formula is C14H12O5S2. The molecule has 0 fully saturated rings. The summed E-state index contributed by atoms with van der Waals surface area (Å²) in [6.45, 7) is 0. The molecule has 0 aromatic heterocycles. The summed E-state index contributed by atoms with van der Waals surface area (Å²) in [6.07, 6.45) is 0. The molecule has 0 unspecified atom stereocenters. The fourth-order valence-corrected chi connectivity index (χ4v) is 3.47. The third kappa shape index (κ3) is 4.82. The molecule has 4 N–H and O–H groups in total. The SMILES string of the molecule is O.O=C(O)c1cccc(SSc2cccc(C(=O)O)c2)c1. The molecule has 0 aliphatic carbocycles. The monoisotopic (exact) mass is 324 g/mol. The average molecular weight is 324 g/mol. The van der Waals surface area contributed by atoms with Crippen molar-refractivity contribution in [3.05, 3.63) is 59.7 Å². The highest BCUT2D eigenvalue weighted by atomic mass is 33.1. The van der Waals surface area contributed by atoms with Gasteiger partial charge in [0.05, 0.1) is 11.1 Å². The predicted molar refractivity (Wildman–Crippen MR) is 82.1 cm³/mol. The average Bonchev–Trinajstić information content (AvgIpc) is 2.45. The Morgan fingerprint density at radius 3 is 1.48 bits per heavy atom. The minimum absolute atomic E-state index is 0. The number of carboxylic acids is 2. The van der Waals surface area contributed by atoms with Crippen LogP contribution in [0.2, 0.25) is 0 Å². The number of hydrogen-bond donors (Lipinski definition) is 2. The van der Waals surface area contributed by atoms with Crippen LogP contribution in [0, 0.1) is 0 Å². The maximum atomic E-state index is 10.9. The molecule has 21 heavy (non-hydrogen) atoms.